The van der Waals surface area contributed by atoms with Gasteiger partial charge in [0.25, 0.3) is 0 Å². The summed E-state index contributed by atoms with van der Waals surface area (Å²) in [5.74, 6) is -1.31. The summed E-state index contributed by atoms with van der Waals surface area (Å²) in [6.45, 7) is 0.638. The fourth-order valence-electron chi connectivity index (χ4n) is 7.76. The zero-order valence-electron chi connectivity index (χ0n) is 24.9. The number of aromatic nitrogens is 1. The van der Waals surface area contributed by atoms with Gasteiger partial charge >= 0.3 is 5.97 Å². The van der Waals surface area contributed by atoms with Gasteiger partial charge in [-0.15, -0.1) is 0 Å². The largest absolute Gasteiger partial charge is 0.507 e. The Kier molecular flexibility index (Phi) is 6.42. The molecule has 0 saturated heterocycles. The fourth-order valence-corrected chi connectivity index (χ4v) is 7.76. The van der Waals surface area contributed by atoms with Crippen molar-refractivity contribution < 1.29 is 39.8 Å². The standard InChI is InChI=1S/C36H32N2O8/c1-45-36(44)21-7-4-6-20-22(21)14-25-32-19(18-5-2-3-8-24(18)37-32)11-12-38(25)33(20)31-29(42)16-27(40)23-15-30(43)34(46-35(23)31)17-9-10-26(39)28(41)13-17/h2-10,13,16,25,30,33-34,37,39-43H,11-12,14-15H2,1H3. The van der Waals surface area contributed by atoms with E-state index in [0.717, 1.165) is 34.1 Å². The number of ether oxygens (including phenoxy) is 2. The number of hydrogen-bond donors (Lipinski definition) is 6. The molecule has 4 heterocycles. The molecule has 0 bridgehead atoms. The van der Waals surface area contributed by atoms with Crippen molar-refractivity contribution in [3.05, 3.63) is 111 Å². The number of rotatable bonds is 3. The van der Waals surface area contributed by atoms with Crippen molar-refractivity contribution in [3.8, 4) is 28.7 Å². The zero-order valence-corrected chi connectivity index (χ0v) is 24.9. The number of aromatic hydroxyl groups is 4. The highest BCUT2D eigenvalue weighted by Crippen LogP contribution is 2.55. The molecule has 8 rings (SSSR count). The van der Waals surface area contributed by atoms with E-state index in [2.05, 4.69) is 22.0 Å². The number of hydrogen-bond acceptors (Lipinski definition) is 9. The van der Waals surface area contributed by atoms with E-state index in [1.165, 1.54) is 30.9 Å². The number of nitrogens with zero attached hydrogens (tertiary/aromatic N) is 1. The molecule has 0 radical (unpaired) electrons. The normalized spacial score (nSPS) is 21.9. The summed E-state index contributed by atoms with van der Waals surface area (Å²) in [5, 5.41) is 55.1. The zero-order chi connectivity index (χ0) is 31.9. The number of methoxy groups -OCH3 is 1. The molecule has 6 N–H and O–H groups in total. The van der Waals surface area contributed by atoms with Crippen molar-refractivity contribution in [2.45, 2.75) is 43.6 Å². The van der Waals surface area contributed by atoms with Gasteiger partial charge in [-0.25, -0.2) is 4.79 Å². The van der Waals surface area contributed by atoms with Crippen LogP contribution in [0.2, 0.25) is 0 Å². The van der Waals surface area contributed by atoms with Crippen LogP contribution >= 0.6 is 0 Å². The molecule has 1 aromatic heterocycles. The number of aliphatic hydroxyl groups excluding tert-OH is 1. The lowest BCUT2D eigenvalue weighted by Crippen LogP contribution is -2.44. The Labute approximate surface area is 263 Å². The third-order valence-electron chi connectivity index (χ3n) is 9.83. The lowest BCUT2D eigenvalue weighted by molar-refractivity contribution is 0.0170. The topological polar surface area (TPSA) is 156 Å². The summed E-state index contributed by atoms with van der Waals surface area (Å²) in [6.07, 6.45) is -0.791. The van der Waals surface area contributed by atoms with Crippen LogP contribution in [0.1, 0.15) is 67.6 Å². The summed E-state index contributed by atoms with van der Waals surface area (Å²) >= 11 is 0. The predicted molar refractivity (Wildman–Crippen MR) is 167 cm³/mol. The van der Waals surface area contributed by atoms with E-state index in [1.807, 2.05) is 18.2 Å². The maximum Gasteiger partial charge on any atom is 0.338 e. The Morgan fingerprint density at radius 3 is 2.52 bits per heavy atom. The number of carbonyl (C=O) groups excluding carboxylic acids is 1. The average Bonchev–Trinajstić information content (AvgIpc) is 3.44. The second-order valence-electron chi connectivity index (χ2n) is 12.2. The molecule has 234 valence electrons. The first-order valence-electron chi connectivity index (χ1n) is 15.2. The Balaban J connectivity index is 1.34. The number of carbonyl (C=O) groups is 1. The average molecular weight is 621 g/mol. The molecule has 10 nitrogen and oxygen atoms in total. The number of esters is 1. The SMILES string of the molecule is COC(=O)c1cccc2c1CC1c3[nH]c4ccccc4c3CCN1C2c1c(O)cc(O)c2c1OC(c1ccc(O)c(O)c1)C(O)C2. The van der Waals surface area contributed by atoms with Gasteiger partial charge in [0.1, 0.15) is 23.4 Å². The molecule has 0 fully saturated rings. The molecule has 0 amide bonds. The summed E-state index contributed by atoms with van der Waals surface area (Å²) < 4.78 is 11.7. The van der Waals surface area contributed by atoms with Crippen LogP contribution in [0.4, 0.5) is 0 Å². The molecule has 3 aliphatic rings. The monoisotopic (exact) mass is 620 g/mol. The van der Waals surface area contributed by atoms with Gasteiger partial charge < -0.3 is 40.0 Å². The summed E-state index contributed by atoms with van der Waals surface area (Å²) in [5.41, 5.74) is 6.49. The quantitative estimate of drug-likeness (QED) is 0.120. The van der Waals surface area contributed by atoms with Crippen LogP contribution in [-0.4, -0.2) is 61.1 Å². The Hall–Kier alpha value is -5.19. The van der Waals surface area contributed by atoms with E-state index in [-0.39, 0.29) is 41.2 Å². The van der Waals surface area contributed by atoms with Gasteiger partial charge in [-0.3, -0.25) is 4.90 Å². The maximum absolute atomic E-state index is 13.1. The van der Waals surface area contributed by atoms with Crippen LogP contribution in [0.5, 0.6) is 28.7 Å². The third kappa shape index (κ3) is 4.14. The minimum absolute atomic E-state index is 0.0120. The number of fused-ring (bicyclic) bond motifs is 7. The minimum Gasteiger partial charge on any atom is -0.507 e. The van der Waals surface area contributed by atoms with E-state index in [9.17, 15) is 30.3 Å². The van der Waals surface area contributed by atoms with Gasteiger partial charge in [0.05, 0.1) is 36.4 Å². The summed E-state index contributed by atoms with van der Waals surface area (Å²) in [4.78, 5) is 19.0. The first kappa shape index (κ1) is 28.3. The lowest BCUT2D eigenvalue weighted by atomic mass is 9.77. The third-order valence-corrected chi connectivity index (χ3v) is 9.83. The van der Waals surface area contributed by atoms with E-state index in [4.69, 9.17) is 9.47 Å². The number of H-pyrrole nitrogens is 1. The Bertz CT molecular complexity index is 2050. The van der Waals surface area contributed by atoms with Crippen LogP contribution in [0, 0.1) is 0 Å². The number of phenolic OH excluding ortho intramolecular Hbond substituents is 4. The molecular weight excluding hydrogens is 588 g/mol. The van der Waals surface area contributed by atoms with Crippen LogP contribution in [0.15, 0.2) is 66.7 Å². The van der Waals surface area contributed by atoms with Crippen molar-refractivity contribution in [1.29, 1.82) is 0 Å². The number of aliphatic hydroxyl groups is 1. The molecule has 0 saturated carbocycles. The van der Waals surface area contributed by atoms with Crippen LogP contribution in [-0.2, 0) is 24.0 Å². The first-order chi connectivity index (χ1) is 22.2. The Morgan fingerprint density at radius 1 is 0.891 bits per heavy atom. The molecule has 3 aliphatic heterocycles. The van der Waals surface area contributed by atoms with Gasteiger partial charge in [0.15, 0.2) is 11.5 Å². The van der Waals surface area contributed by atoms with Gasteiger partial charge in [0.2, 0.25) is 0 Å². The second-order valence-corrected chi connectivity index (χ2v) is 12.2. The predicted octanol–water partition coefficient (Wildman–Crippen LogP) is 5.06. The molecule has 10 heteroatoms. The first-order valence-corrected chi connectivity index (χ1v) is 15.2. The van der Waals surface area contributed by atoms with Crippen molar-refractivity contribution in [1.82, 2.24) is 9.88 Å². The molecule has 4 unspecified atom stereocenters. The summed E-state index contributed by atoms with van der Waals surface area (Å²) in [6, 6.07) is 18.3. The Morgan fingerprint density at radius 2 is 1.72 bits per heavy atom. The number of phenols is 4. The molecule has 5 aromatic rings. The number of aromatic amines is 1. The molecular formula is C36H32N2O8. The van der Waals surface area contributed by atoms with E-state index in [0.29, 0.717) is 35.2 Å². The van der Waals surface area contributed by atoms with Gasteiger partial charge in [-0.2, -0.15) is 0 Å². The number of nitrogens with one attached hydrogen (secondary N) is 1. The molecule has 4 atom stereocenters. The van der Waals surface area contributed by atoms with Crippen molar-refractivity contribution >= 4 is 16.9 Å². The highest BCUT2D eigenvalue weighted by Gasteiger charge is 2.45. The van der Waals surface area contributed by atoms with Crippen molar-refractivity contribution in [3.63, 3.8) is 0 Å². The van der Waals surface area contributed by atoms with E-state index >= 15 is 0 Å². The van der Waals surface area contributed by atoms with Gasteiger partial charge in [0, 0.05) is 41.2 Å². The number of para-hydroxylation sites is 1. The van der Waals surface area contributed by atoms with E-state index in [1.54, 1.807) is 18.2 Å². The summed E-state index contributed by atoms with van der Waals surface area (Å²) in [7, 11) is 1.35. The fraction of sp³-hybridized carbons (Fsp3) is 0.250. The molecule has 4 aromatic carbocycles. The smallest absolute Gasteiger partial charge is 0.338 e. The second kappa shape index (κ2) is 10.4. The van der Waals surface area contributed by atoms with Gasteiger partial charge in [-0.05, 0) is 59.4 Å². The minimum atomic E-state index is -1.10. The van der Waals surface area contributed by atoms with Crippen LogP contribution < -0.4 is 4.74 Å². The number of benzene rings is 4. The van der Waals surface area contributed by atoms with Crippen LogP contribution in [0.3, 0.4) is 0 Å². The highest BCUT2D eigenvalue weighted by atomic mass is 16.5. The maximum atomic E-state index is 13.1. The highest BCUT2D eigenvalue weighted by molar-refractivity contribution is 5.92. The molecule has 46 heavy (non-hydrogen) atoms. The van der Waals surface area contributed by atoms with Gasteiger partial charge in [-0.1, -0.05) is 36.4 Å². The van der Waals surface area contributed by atoms with Crippen LogP contribution in [0.25, 0.3) is 10.9 Å². The molecule has 0 spiro atoms. The van der Waals surface area contributed by atoms with Crippen molar-refractivity contribution in [2.75, 3.05) is 13.7 Å². The van der Waals surface area contributed by atoms with Crippen molar-refractivity contribution in [2.24, 2.45) is 0 Å². The van der Waals surface area contributed by atoms with E-state index < -0.39 is 24.2 Å². The lowest BCUT2D eigenvalue weighted by Gasteiger charge is -2.47. The molecule has 0 aliphatic carbocycles.